The van der Waals surface area contributed by atoms with Crippen molar-refractivity contribution in [3.63, 3.8) is 0 Å². The van der Waals surface area contributed by atoms with Crippen LogP contribution in [0, 0.1) is 0 Å². The lowest BCUT2D eigenvalue weighted by Gasteiger charge is -2.25. The number of hydrogen-bond donors (Lipinski definition) is 1. The van der Waals surface area contributed by atoms with Crippen LogP contribution in [0.4, 0.5) is 0 Å². The van der Waals surface area contributed by atoms with Gasteiger partial charge in [-0.1, -0.05) is 32.9 Å². The quantitative estimate of drug-likeness (QED) is 0.306. The molecule has 1 aliphatic rings. The number of likely N-dealkylation sites (tertiary alicyclic amines) is 1. The number of methoxy groups -OCH3 is 2. The molecule has 2 heterocycles. The molecule has 170 valence electrons. The summed E-state index contributed by atoms with van der Waals surface area (Å²) in [7, 11) is 3.09. The lowest BCUT2D eigenvalue weighted by molar-refractivity contribution is -0.140. The number of aliphatic hydroxyl groups is 1. The van der Waals surface area contributed by atoms with Gasteiger partial charge >= 0.3 is 0 Å². The van der Waals surface area contributed by atoms with Gasteiger partial charge in [0.25, 0.3) is 11.7 Å². The van der Waals surface area contributed by atoms with Crippen LogP contribution in [0.25, 0.3) is 5.76 Å². The number of Topliss-reactive ketones (excluding diaryl/α,β-unsaturated/α-hetero) is 1. The molecule has 1 aliphatic heterocycles. The van der Waals surface area contributed by atoms with Gasteiger partial charge in [0, 0.05) is 32.7 Å². The van der Waals surface area contributed by atoms with Gasteiger partial charge in [0.05, 0.1) is 24.3 Å². The van der Waals surface area contributed by atoms with E-state index in [4.69, 9.17) is 9.47 Å². The molecule has 0 spiro atoms. The van der Waals surface area contributed by atoms with Crippen molar-refractivity contribution in [1.29, 1.82) is 0 Å². The zero-order valence-electron chi connectivity index (χ0n) is 19.2. The van der Waals surface area contributed by atoms with Crippen molar-refractivity contribution >= 4 is 17.4 Å². The van der Waals surface area contributed by atoms with E-state index in [9.17, 15) is 14.7 Å². The zero-order valence-corrected chi connectivity index (χ0v) is 19.2. The van der Waals surface area contributed by atoms with Crippen LogP contribution in [0.15, 0.2) is 48.3 Å². The number of aromatic nitrogens is 1. The summed E-state index contributed by atoms with van der Waals surface area (Å²) in [5, 5.41) is 11.4. The molecule has 1 unspecified atom stereocenters. The third-order valence-electron chi connectivity index (χ3n) is 5.61. The highest BCUT2D eigenvalue weighted by Crippen LogP contribution is 2.41. The molecule has 2 aromatic rings. The summed E-state index contributed by atoms with van der Waals surface area (Å²) in [6.07, 6.45) is 3.79. The molecule has 1 amide bonds. The molecular weight excluding hydrogens is 408 g/mol. The molecule has 1 saturated heterocycles. The number of carbonyl (C=O) groups excluding carboxylic acids is 2. The molecule has 7 heteroatoms. The van der Waals surface area contributed by atoms with E-state index in [1.54, 1.807) is 37.7 Å². The first-order valence-corrected chi connectivity index (χ1v) is 10.6. The molecule has 7 nitrogen and oxygen atoms in total. The van der Waals surface area contributed by atoms with Crippen LogP contribution in [-0.4, -0.2) is 54.1 Å². The Morgan fingerprint density at radius 1 is 1.19 bits per heavy atom. The fraction of sp³-hybridized carbons (Fsp3) is 0.400. The highest BCUT2D eigenvalue weighted by Gasteiger charge is 2.46. The first kappa shape index (κ1) is 23.5. The summed E-state index contributed by atoms with van der Waals surface area (Å²) in [5.74, 6) is -1.21. The number of carbonyl (C=O) groups is 2. The van der Waals surface area contributed by atoms with Crippen molar-refractivity contribution in [1.82, 2.24) is 9.88 Å². The van der Waals surface area contributed by atoms with Crippen molar-refractivity contribution < 1.29 is 24.2 Å². The van der Waals surface area contributed by atoms with Crippen molar-refractivity contribution in [2.75, 3.05) is 27.4 Å². The molecule has 1 aromatic carbocycles. The van der Waals surface area contributed by atoms with E-state index in [0.717, 1.165) is 5.56 Å². The Bertz CT molecular complexity index is 1020. The second kappa shape index (κ2) is 9.53. The lowest BCUT2D eigenvalue weighted by atomic mass is 9.85. The van der Waals surface area contributed by atoms with E-state index in [0.29, 0.717) is 36.4 Å². The van der Waals surface area contributed by atoms with Crippen LogP contribution in [0.3, 0.4) is 0 Å². The van der Waals surface area contributed by atoms with E-state index in [-0.39, 0.29) is 16.7 Å². The maximum Gasteiger partial charge on any atom is 0.295 e. The summed E-state index contributed by atoms with van der Waals surface area (Å²) >= 11 is 0. The molecule has 1 fully saturated rings. The Balaban J connectivity index is 2.20. The fourth-order valence-corrected chi connectivity index (χ4v) is 3.88. The normalized spacial score (nSPS) is 18.3. The Morgan fingerprint density at radius 2 is 1.94 bits per heavy atom. The minimum absolute atomic E-state index is 0.0322. The molecule has 0 aliphatic carbocycles. The van der Waals surface area contributed by atoms with E-state index in [2.05, 4.69) is 25.8 Å². The topological polar surface area (TPSA) is 89.0 Å². The average molecular weight is 439 g/mol. The highest BCUT2D eigenvalue weighted by atomic mass is 16.5. The number of ether oxygens (including phenoxy) is 2. The summed E-state index contributed by atoms with van der Waals surface area (Å²) in [4.78, 5) is 31.7. The van der Waals surface area contributed by atoms with Crippen LogP contribution in [0.5, 0.6) is 5.75 Å². The molecule has 0 bridgehead atoms. The van der Waals surface area contributed by atoms with E-state index in [1.165, 1.54) is 12.0 Å². The molecule has 0 radical (unpaired) electrons. The van der Waals surface area contributed by atoms with Crippen LogP contribution in [0.1, 0.15) is 49.9 Å². The molecule has 0 saturated carbocycles. The largest absolute Gasteiger partial charge is 0.507 e. The number of benzene rings is 1. The summed E-state index contributed by atoms with van der Waals surface area (Å²) in [5.41, 5.74) is 1.84. The zero-order chi connectivity index (χ0) is 23.5. The molecule has 3 rings (SSSR count). The van der Waals surface area contributed by atoms with E-state index >= 15 is 0 Å². The van der Waals surface area contributed by atoms with Gasteiger partial charge < -0.3 is 19.5 Å². The first-order valence-electron chi connectivity index (χ1n) is 10.6. The highest BCUT2D eigenvalue weighted by molar-refractivity contribution is 6.46. The second-order valence-electron chi connectivity index (χ2n) is 8.79. The van der Waals surface area contributed by atoms with Gasteiger partial charge in [0.15, 0.2) is 0 Å². The third-order valence-corrected chi connectivity index (χ3v) is 5.61. The number of ketones is 1. The van der Waals surface area contributed by atoms with Crippen LogP contribution >= 0.6 is 0 Å². The van der Waals surface area contributed by atoms with Gasteiger partial charge in [-0.15, -0.1) is 0 Å². The molecule has 1 atom stereocenters. The van der Waals surface area contributed by atoms with Crippen molar-refractivity contribution in [2.45, 2.75) is 38.6 Å². The van der Waals surface area contributed by atoms with Crippen molar-refractivity contribution in [2.24, 2.45) is 0 Å². The van der Waals surface area contributed by atoms with Gasteiger partial charge in [-0.3, -0.25) is 14.6 Å². The summed E-state index contributed by atoms with van der Waals surface area (Å²) < 4.78 is 10.6. The molecular formula is C25H30N2O5. The van der Waals surface area contributed by atoms with Gasteiger partial charge in [0.2, 0.25) is 0 Å². The summed E-state index contributed by atoms with van der Waals surface area (Å²) in [6.45, 7) is 6.94. The Kier molecular flexibility index (Phi) is 6.99. The molecule has 1 aromatic heterocycles. The number of rotatable bonds is 7. The number of pyridine rings is 1. The van der Waals surface area contributed by atoms with Crippen molar-refractivity contribution in [3.8, 4) is 5.75 Å². The Morgan fingerprint density at radius 3 is 2.53 bits per heavy atom. The van der Waals surface area contributed by atoms with Gasteiger partial charge in [-0.25, -0.2) is 0 Å². The predicted octanol–water partition coefficient (Wildman–Crippen LogP) is 3.85. The van der Waals surface area contributed by atoms with Gasteiger partial charge in [-0.05, 0) is 41.2 Å². The maximum atomic E-state index is 13.1. The Labute approximate surface area is 188 Å². The summed E-state index contributed by atoms with van der Waals surface area (Å²) in [6, 6.07) is 8.30. The predicted molar refractivity (Wildman–Crippen MR) is 121 cm³/mol. The third kappa shape index (κ3) is 4.53. The maximum absolute atomic E-state index is 13.1. The number of amides is 1. The second-order valence-corrected chi connectivity index (χ2v) is 8.79. The number of nitrogens with zero attached hydrogens (tertiary/aromatic N) is 2. The first-order chi connectivity index (χ1) is 15.2. The average Bonchev–Trinajstić information content (AvgIpc) is 3.03. The van der Waals surface area contributed by atoms with E-state index in [1.807, 2.05) is 12.1 Å². The molecule has 1 N–H and O–H groups in total. The number of aliphatic hydroxyl groups excluding tert-OH is 1. The molecule has 32 heavy (non-hydrogen) atoms. The SMILES string of the molecule is COCCCN1C(=O)C(=O)/C(=C(/O)c2cc(C(C)(C)C)ccc2OC)C1c1cccnc1. The monoisotopic (exact) mass is 438 g/mol. The Hall–Kier alpha value is -3.19. The fourth-order valence-electron chi connectivity index (χ4n) is 3.88. The minimum Gasteiger partial charge on any atom is -0.507 e. The van der Waals surface area contributed by atoms with Gasteiger partial charge in [0.1, 0.15) is 11.5 Å². The van der Waals surface area contributed by atoms with Gasteiger partial charge in [-0.2, -0.15) is 0 Å². The van der Waals surface area contributed by atoms with Crippen LogP contribution in [0.2, 0.25) is 0 Å². The standard InChI is InChI=1S/C25H30N2O5/c1-25(2,3)17-9-10-19(32-5)18(14-17)22(28)20-21(16-8-6-11-26-15-16)27(12-7-13-31-4)24(30)23(20)29/h6,8-11,14-15,21,28H,7,12-13H2,1-5H3/b22-20+. The number of hydrogen-bond acceptors (Lipinski definition) is 6. The smallest absolute Gasteiger partial charge is 0.295 e. The van der Waals surface area contributed by atoms with Crippen LogP contribution < -0.4 is 4.74 Å². The minimum atomic E-state index is -0.747. The van der Waals surface area contributed by atoms with Crippen molar-refractivity contribution in [3.05, 3.63) is 65.0 Å². The van der Waals surface area contributed by atoms with Crippen LogP contribution in [-0.2, 0) is 19.7 Å². The van der Waals surface area contributed by atoms with E-state index < -0.39 is 17.7 Å². The lowest BCUT2D eigenvalue weighted by Crippen LogP contribution is -2.31.